The van der Waals surface area contributed by atoms with Crippen molar-refractivity contribution in [3.63, 3.8) is 0 Å². The number of nitrogens with one attached hydrogen (secondary N) is 3. The van der Waals surface area contributed by atoms with E-state index in [1.165, 1.54) is 6.08 Å². The molecule has 100 valence electrons. The second-order valence-corrected chi connectivity index (χ2v) is 4.21. The summed E-state index contributed by atoms with van der Waals surface area (Å²) in [5.74, 6) is -0.272. The molecule has 0 radical (unpaired) electrons. The molecule has 0 aliphatic heterocycles. The Bertz CT molecular complexity index is 497. The van der Waals surface area contributed by atoms with E-state index in [1.807, 2.05) is 31.2 Å². The topological polar surface area (TPSA) is 53.2 Å². The van der Waals surface area contributed by atoms with Crippen molar-refractivity contribution in [2.24, 2.45) is 0 Å². The van der Waals surface area contributed by atoms with E-state index >= 15 is 0 Å². The van der Waals surface area contributed by atoms with Crippen LogP contribution in [0.25, 0.3) is 6.08 Å². The Balaban J connectivity index is 2.41. The lowest BCUT2D eigenvalue weighted by Crippen LogP contribution is -2.46. The van der Waals surface area contributed by atoms with Gasteiger partial charge in [-0.25, -0.2) is 0 Å². The van der Waals surface area contributed by atoms with Crippen LogP contribution < -0.4 is 16.2 Å². The lowest BCUT2D eigenvalue weighted by molar-refractivity contribution is -0.116. The third-order valence-electron chi connectivity index (χ3n) is 2.31. The van der Waals surface area contributed by atoms with E-state index < -0.39 is 0 Å². The fraction of sp³-hybridized carbons (Fsp3) is 0.143. The van der Waals surface area contributed by atoms with Crippen LogP contribution >= 0.6 is 12.2 Å². The Morgan fingerprint density at radius 2 is 2.11 bits per heavy atom. The lowest BCUT2D eigenvalue weighted by Gasteiger charge is -2.08. The van der Waals surface area contributed by atoms with Gasteiger partial charge in [0.15, 0.2) is 5.11 Å². The highest BCUT2D eigenvalue weighted by atomic mass is 32.1. The Morgan fingerprint density at radius 3 is 2.79 bits per heavy atom. The third-order valence-corrected chi connectivity index (χ3v) is 2.56. The molecule has 0 saturated carbocycles. The molecule has 0 aromatic heterocycles. The third kappa shape index (κ3) is 5.83. The maximum absolute atomic E-state index is 11.5. The number of rotatable bonds is 4. The molecule has 3 N–H and O–H groups in total. The van der Waals surface area contributed by atoms with E-state index in [0.29, 0.717) is 11.7 Å². The number of carbonyl (C=O) groups is 1. The van der Waals surface area contributed by atoms with E-state index in [-0.39, 0.29) is 5.91 Å². The van der Waals surface area contributed by atoms with E-state index in [0.717, 1.165) is 11.1 Å². The van der Waals surface area contributed by atoms with Crippen LogP contribution in [0.2, 0.25) is 0 Å². The summed E-state index contributed by atoms with van der Waals surface area (Å²) in [5.41, 5.74) is 7.18. The van der Waals surface area contributed by atoms with Crippen LogP contribution in [0.15, 0.2) is 43.0 Å². The number of benzene rings is 1. The van der Waals surface area contributed by atoms with Crippen molar-refractivity contribution in [1.82, 2.24) is 16.2 Å². The quantitative estimate of drug-likeness (QED) is 0.339. The van der Waals surface area contributed by atoms with Gasteiger partial charge < -0.3 is 5.32 Å². The largest absolute Gasteiger partial charge is 0.358 e. The van der Waals surface area contributed by atoms with Crippen LogP contribution in [0, 0.1) is 6.92 Å². The Kier molecular flexibility index (Phi) is 6.32. The van der Waals surface area contributed by atoms with Crippen molar-refractivity contribution in [3.05, 3.63) is 54.1 Å². The molecule has 1 aromatic rings. The van der Waals surface area contributed by atoms with Crippen LogP contribution in [0.3, 0.4) is 0 Å². The molecule has 0 fully saturated rings. The number of carbonyl (C=O) groups excluding carboxylic acids is 1. The van der Waals surface area contributed by atoms with Gasteiger partial charge >= 0.3 is 0 Å². The summed E-state index contributed by atoms with van der Waals surface area (Å²) in [6, 6.07) is 7.82. The SMILES string of the molecule is C=CCNC(=S)NNC(=O)/C=C/c1ccccc1C. The minimum atomic E-state index is -0.272. The lowest BCUT2D eigenvalue weighted by atomic mass is 10.1. The molecule has 0 saturated heterocycles. The van der Waals surface area contributed by atoms with Crippen LogP contribution in [0.1, 0.15) is 11.1 Å². The van der Waals surface area contributed by atoms with Crippen molar-refractivity contribution in [3.8, 4) is 0 Å². The molecule has 0 unspecified atom stereocenters. The maximum atomic E-state index is 11.5. The van der Waals surface area contributed by atoms with Gasteiger partial charge in [0.2, 0.25) is 0 Å². The summed E-state index contributed by atoms with van der Waals surface area (Å²) >= 11 is 4.93. The number of aryl methyl sites for hydroxylation is 1. The van der Waals surface area contributed by atoms with Gasteiger partial charge in [-0.05, 0) is 36.3 Å². The molecule has 4 nitrogen and oxygen atoms in total. The Labute approximate surface area is 118 Å². The molecule has 1 rings (SSSR count). The highest BCUT2D eigenvalue weighted by Crippen LogP contribution is 2.08. The van der Waals surface area contributed by atoms with Crippen molar-refractivity contribution in [2.45, 2.75) is 6.92 Å². The first kappa shape index (κ1) is 14.9. The van der Waals surface area contributed by atoms with E-state index in [1.54, 1.807) is 12.2 Å². The Morgan fingerprint density at radius 1 is 1.37 bits per heavy atom. The zero-order valence-electron chi connectivity index (χ0n) is 10.8. The number of hydrogen-bond acceptors (Lipinski definition) is 2. The van der Waals surface area contributed by atoms with E-state index in [2.05, 4.69) is 22.7 Å². The fourth-order valence-corrected chi connectivity index (χ4v) is 1.44. The van der Waals surface area contributed by atoms with Gasteiger partial charge in [-0.3, -0.25) is 15.6 Å². The number of amides is 1. The predicted molar refractivity (Wildman–Crippen MR) is 82.3 cm³/mol. The maximum Gasteiger partial charge on any atom is 0.262 e. The summed E-state index contributed by atoms with van der Waals surface area (Å²) in [5, 5.41) is 3.18. The molecule has 5 heteroatoms. The van der Waals surface area contributed by atoms with Crippen LogP contribution in [-0.2, 0) is 4.79 Å². The van der Waals surface area contributed by atoms with Gasteiger partial charge in [-0.2, -0.15) is 0 Å². The minimum Gasteiger partial charge on any atom is -0.358 e. The number of thiocarbonyl (C=S) groups is 1. The molecule has 0 aliphatic carbocycles. The van der Waals surface area contributed by atoms with Gasteiger partial charge in [-0.15, -0.1) is 6.58 Å². The van der Waals surface area contributed by atoms with Crippen molar-refractivity contribution < 1.29 is 4.79 Å². The minimum absolute atomic E-state index is 0.272. The summed E-state index contributed by atoms with van der Waals surface area (Å²) in [6.07, 6.45) is 4.88. The molecular weight excluding hydrogens is 258 g/mol. The standard InChI is InChI=1S/C14H17N3OS/c1-3-10-15-14(19)17-16-13(18)9-8-12-7-5-4-6-11(12)2/h3-9H,1,10H2,2H3,(H,16,18)(H2,15,17,19)/b9-8+. The zero-order valence-corrected chi connectivity index (χ0v) is 11.6. The fourth-order valence-electron chi connectivity index (χ4n) is 1.31. The second-order valence-electron chi connectivity index (χ2n) is 3.80. The average Bonchev–Trinajstić information content (AvgIpc) is 2.42. The summed E-state index contributed by atoms with van der Waals surface area (Å²) in [4.78, 5) is 11.5. The number of hydrazine groups is 1. The van der Waals surface area contributed by atoms with Gasteiger partial charge in [0.25, 0.3) is 5.91 Å². The number of hydrogen-bond donors (Lipinski definition) is 3. The van der Waals surface area contributed by atoms with Gasteiger partial charge in [-0.1, -0.05) is 30.3 Å². The predicted octanol–water partition coefficient (Wildman–Crippen LogP) is 1.69. The van der Waals surface area contributed by atoms with Crippen molar-refractivity contribution in [2.75, 3.05) is 6.54 Å². The molecule has 0 heterocycles. The van der Waals surface area contributed by atoms with Crippen molar-refractivity contribution >= 4 is 29.3 Å². The van der Waals surface area contributed by atoms with Crippen molar-refractivity contribution in [1.29, 1.82) is 0 Å². The first-order valence-electron chi connectivity index (χ1n) is 5.82. The Hall–Kier alpha value is -2.14. The van der Waals surface area contributed by atoms with Gasteiger partial charge in [0.1, 0.15) is 0 Å². The molecule has 0 aliphatic rings. The van der Waals surface area contributed by atoms with E-state index in [9.17, 15) is 4.79 Å². The van der Waals surface area contributed by atoms with Crippen LogP contribution in [0.5, 0.6) is 0 Å². The monoisotopic (exact) mass is 275 g/mol. The van der Waals surface area contributed by atoms with Crippen LogP contribution in [0.4, 0.5) is 0 Å². The highest BCUT2D eigenvalue weighted by Gasteiger charge is 1.97. The normalized spacial score (nSPS) is 9.95. The molecule has 0 bridgehead atoms. The average molecular weight is 275 g/mol. The molecule has 1 amide bonds. The van der Waals surface area contributed by atoms with Gasteiger partial charge in [0, 0.05) is 12.6 Å². The second kappa shape index (κ2) is 8.05. The molecule has 1 aromatic carbocycles. The highest BCUT2D eigenvalue weighted by molar-refractivity contribution is 7.80. The molecule has 0 atom stereocenters. The summed E-state index contributed by atoms with van der Waals surface area (Å²) < 4.78 is 0. The van der Waals surface area contributed by atoms with Gasteiger partial charge in [0.05, 0.1) is 0 Å². The molecule has 0 spiro atoms. The zero-order chi connectivity index (χ0) is 14.1. The molecule has 19 heavy (non-hydrogen) atoms. The van der Waals surface area contributed by atoms with E-state index in [4.69, 9.17) is 12.2 Å². The first-order valence-corrected chi connectivity index (χ1v) is 6.22. The summed E-state index contributed by atoms with van der Waals surface area (Å²) in [6.45, 7) is 6.08. The smallest absolute Gasteiger partial charge is 0.262 e. The summed E-state index contributed by atoms with van der Waals surface area (Å²) in [7, 11) is 0. The molecular formula is C14H17N3OS. The van der Waals surface area contributed by atoms with Crippen LogP contribution in [-0.4, -0.2) is 17.6 Å². The first-order chi connectivity index (χ1) is 9.13.